The van der Waals surface area contributed by atoms with Gasteiger partial charge in [0.05, 0.1) is 10.7 Å². The van der Waals surface area contributed by atoms with E-state index in [9.17, 15) is 4.79 Å². The van der Waals surface area contributed by atoms with E-state index in [1.165, 1.54) is 19.1 Å². The molecular formula is C11H12BrNO2. The van der Waals surface area contributed by atoms with Crippen molar-refractivity contribution in [2.45, 2.75) is 31.2 Å². The van der Waals surface area contributed by atoms with Gasteiger partial charge in [-0.2, -0.15) is 0 Å². The van der Waals surface area contributed by atoms with Crippen LogP contribution >= 0.6 is 15.9 Å². The Kier molecular flexibility index (Phi) is 1.96. The third-order valence-electron chi connectivity index (χ3n) is 3.59. The summed E-state index contributed by atoms with van der Waals surface area (Å²) in [6, 6.07) is 1.74. The van der Waals surface area contributed by atoms with Crippen molar-refractivity contribution in [1.82, 2.24) is 5.32 Å². The summed E-state index contributed by atoms with van der Waals surface area (Å²) in [5.74, 6) is 1.02. The van der Waals surface area contributed by atoms with Crippen molar-refractivity contribution in [3.8, 4) is 0 Å². The average Bonchev–Trinajstić information content (AvgIpc) is 2.61. The maximum atomic E-state index is 11.9. The van der Waals surface area contributed by atoms with Crippen LogP contribution in [0.5, 0.6) is 0 Å². The van der Waals surface area contributed by atoms with Crippen molar-refractivity contribution in [2.75, 3.05) is 0 Å². The Balaban J connectivity index is 1.75. The molecule has 0 aliphatic heterocycles. The minimum Gasteiger partial charge on any atom is -0.458 e. The van der Waals surface area contributed by atoms with Crippen molar-refractivity contribution >= 4 is 21.8 Å². The molecule has 80 valence electrons. The number of halogens is 1. The molecule has 0 saturated heterocycles. The molecule has 0 bridgehead atoms. The van der Waals surface area contributed by atoms with Crippen LogP contribution in [0.1, 0.15) is 36.2 Å². The average molecular weight is 270 g/mol. The number of nitrogens with one attached hydrogen (secondary N) is 1. The summed E-state index contributed by atoms with van der Waals surface area (Å²) in [4.78, 5) is 11.9. The monoisotopic (exact) mass is 269 g/mol. The van der Waals surface area contributed by atoms with E-state index in [-0.39, 0.29) is 11.4 Å². The maximum Gasteiger partial charge on any atom is 0.288 e. The van der Waals surface area contributed by atoms with Crippen molar-refractivity contribution in [3.05, 3.63) is 22.6 Å². The molecule has 1 heterocycles. The van der Waals surface area contributed by atoms with Crippen LogP contribution in [0, 0.1) is 5.92 Å². The van der Waals surface area contributed by atoms with Crippen molar-refractivity contribution in [2.24, 2.45) is 5.92 Å². The summed E-state index contributed by atoms with van der Waals surface area (Å²) >= 11 is 3.29. The minimum absolute atomic E-state index is 0.0868. The first-order valence-electron chi connectivity index (χ1n) is 5.27. The van der Waals surface area contributed by atoms with Crippen molar-refractivity contribution in [1.29, 1.82) is 0 Å². The Hall–Kier alpha value is -0.770. The fraction of sp³-hybridized carbons (Fsp3) is 0.545. The summed E-state index contributed by atoms with van der Waals surface area (Å²) < 4.78 is 5.87. The molecule has 1 amide bonds. The Morgan fingerprint density at radius 3 is 3.07 bits per heavy atom. The van der Waals surface area contributed by atoms with Gasteiger partial charge in [0.2, 0.25) is 5.76 Å². The van der Waals surface area contributed by atoms with Crippen LogP contribution in [0.25, 0.3) is 0 Å². The second-order valence-corrected chi connectivity index (χ2v) is 5.36. The van der Waals surface area contributed by atoms with E-state index in [0.717, 1.165) is 23.2 Å². The molecule has 0 radical (unpaired) electrons. The summed E-state index contributed by atoms with van der Waals surface area (Å²) in [5, 5.41) is 3.11. The van der Waals surface area contributed by atoms with E-state index in [1.807, 2.05) is 0 Å². The van der Waals surface area contributed by atoms with E-state index in [4.69, 9.17) is 4.42 Å². The minimum atomic E-state index is -0.0868. The molecule has 1 aromatic rings. The highest BCUT2D eigenvalue weighted by Gasteiger charge is 2.57. The summed E-state index contributed by atoms with van der Waals surface area (Å²) in [6.07, 6.45) is 6.30. The van der Waals surface area contributed by atoms with E-state index in [0.29, 0.717) is 5.76 Å². The molecule has 2 fully saturated rings. The van der Waals surface area contributed by atoms with Crippen LogP contribution in [0.4, 0.5) is 0 Å². The lowest BCUT2D eigenvalue weighted by Gasteiger charge is -2.13. The quantitative estimate of drug-likeness (QED) is 0.897. The number of carbonyl (C=O) groups excluding carboxylic acids is 1. The third kappa shape index (κ3) is 1.42. The molecule has 2 aliphatic rings. The molecule has 3 rings (SSSR count). The van der Waals surface area contributed by atoms with Gasteiger partial charge < -0.3 is 9.73 Å². The highest BCUT2D eigenvalue weighted by Crippen LogP contribution is 2.55. The van der Waals surface area contributed by atoms with Crippen LogP contribution in [-0.4, -0.2) is 11.4 Å². The van der Waals surface area contributed by atoms with Crippen LogP contribution in [-0.2, 0) is 0 Å². The highest BCUT2D eigenvalue weighted by atomic mass is 79.9. The molecule has 2 unspecified atom stereocenters. The summed E-state index contributed by atoms with van der Waals surface area (Å²) in [7, 11) is 0. The molecule has 1 N–H and O–H groups in total. The Labute approximate surface area is 96.3 Å². The van der Waals surface area contributed by atoms with E-state index < -0.39 is 0 Å². The van der Waals surface area contributed by atoms with E-state index in [2.05, 4.69) is 21.2 Å². The van der Waals surface area contributed by atoms with Gasteiger partial charge in [0.25, 0.3) is 5.91 Å². The van der Waals surface area contributed by atoms with Gasteiger partial charge in [-0.05, 0) is 47.2 Å². The smallest absolute Gasteiger partial charge is 0.288 e. The standard InChI is InChI=1S/C11H12BrNO2/c12-8-3-5-15-9(8)10(14)13-11-4-1-2-7(11)6-11/h3,5,7H,1-2,4,6H2,(H,13,14). The lowest BCUT2D eigenvalue weighted by molar-refractivity contribution is 0.0900. The number of hydrogen-bond donors (Lipinski definition) is 1. The third-order valence-corrected chi connectivity index (χ3v) is 4.22. The van der Waals surface area contributed by atoms with E-state index >= 15 is 0 Å². The second-order valence-electron chi connectivity index (χ2n) is 4.50. The molecular weight excluding hydrogens is 258 g/mol. The number of hydrogen-bond acceptors (Lipinski definition) is 2. The topological polar surface area (TPSA) is 42.2 Å². The second kappa shape index (κ2) is 3.11. The Morgan fingerprint density at radius 2 is 2.53 bits per heavy atom. The number of amides is 1. The lowest BCUT2D eigenvalue weighted by atomic mass is 10.2. The van der Waals surface area contributed by atoms with Gasteiger partial charge in [-0.25, -0.2) is 0 Å². The van der Waals surface area contributed by atoms with Gasteiger partial charge in [0, 0.05) is 5.54 Å². The normalized spacial score (nSPS) is 32.5. The zero-order valence-electron chi connectivity index (χ0n) is 8.25. The van der Waals surface area contributed by atoms with Crippen molar-refractivity contribution in [3.63, 3.8) is 0 Å². The van der Waals surface area contributed by atoms with Gasteiger partial charge in [0.15, 0.2) is 0 Å². The molecule has 0 spiro atoms. The zero-order valence-corrected chi connectivity index (χ0v) is 9.84. The number of fused-ring (bicyclic) bond motifs is 1. The number of furan rings is 1. The predicted molar refractivity (Wildman–Crippen MR) is 58.6 cm³/mol. The van der Waals surface area contributed by atoms with Gasteiger partial charge in [-0.1, -0.05) is 6.42 Å². The molecule has 2 saturated carbocycles. The van der Waals surface area contributed by atoms with E-state index in [1.54, 1.807) is 6.07 Å². The first-order valence-corrected chi connectivity index (χ1v) is 6.06. The van der Waals surface area contributed by atoms with Crippen LogP contribution in [0.3, 0.4) is 0 Å². The molecule has 15 heavy (non-hydrogen) atoms. The molecule has 3 nitrogen and oxygen atoms in total. The van der Waals surface area contributed by atoms with Crippen LogP contribution < -0.4 is 5.32 Å². The largest absolute Gasteiger partial charge is 0.458 e. The highest BCUT2D eigenvalue weighted by molar-refractivity contribution is 9.10. The summed E-state index contributed by atoms with van der Waals surface area (Å²) in [5.41, 5.74) is 0.114. The molecule has 1 aromatic heterocycles. The van der Waals surface area contributed by atoms with Crippen LogP contribution in [0.2, 0.25) is 0 Å². The Morgan fingerprint density at radius 1 is 1.67 bits per heavy atom. The molecule has 4 heteroatoms. The van der Waals surface area contributed by atoms with Crippen LogP contribution in [0.15, 0.2) is 21.2 Å². The predicted octanol–water partition coefficient (Wildman–Crippen LogP) is 2.71. The fourth-order valence-corrected chi connectivity index (χ4v) is 3.06. The van der Waals surface area contributed by atoms with Gasteiger partial charge >= 0.3 is 0 Å². The van der Waals surface area contributed by atoms with Gasteiger partial charge in [0.1, 0.15) is 0 Å². The maximum absolute atomic E-state index is 11.9. The van der Waals surface area contributed by atoms with Gasteiger partial charge in [-0.15, -0.1) is 0 Å². The Bertz CT molecular complexity index is 414. The molecule has 0 aromatic carbocycles. The first kappa shape index (κ1) is 9.46. The van der Waals surface area contributed by atoms with Gasteiger partial charge in [-0.3, -0.25) is 4.79 Å². The molecule has 2 aliphatic carbocycles. The number of rotatable bonds is 2. The molecule has 2 atom stereocenters. The fourth-order valence-electron chi connectivity index (χ4n) is 2.68. The number of carbonyl (C=O) groups is 1. The SMILES string of the molecule is O=C(NC12CCCC1C2)c1occc1Br. The first-order chi connectivity index (χ1) is 7.21. The zero-order chi connectivity index (χ0) is 10.5. The summed E-state index contributed by atoms with van der Waals surface area (Å²) in [6.45, 7) is 0. The lowest BCUT2D eigenvalue weighted by Crippen LogP contribution is -2.36. The van der Waals surface area contributed by atoms with Crippen molar-refractivity contribution < 1.29 is 9.21 Å².